The van der Waals surface area contributed by atoms with E-state index < -0.39 is 31.1 Å². The van der Waals surface area contributed by atoms with E-state index in [4.69, 9.17) is 4.74 Å². The minimum Gasteiger partial charge on any atom is -0.394 e. The second kappa shape index (κ2) is 6.37. The topological polar surface area (TPSA) is 137 Å². The summed E-state index contributed by atoms with van der Waals surface area (Å²) in [5, 5.41) is 29.8. The van der Waals surface area contributed by atoms with Crippen molar-refractivity contribution in [3.63, 3.8) is 0 Å². The Morgan fingerprint density at radius 3 is 2.68 bits per heavy atom. The number of piperidine rings is 1. The zero-order chi connectivity index (χ0) is 17.6. The van der Waals surface area contributed by atoms with Crippen LogP contribution in [0.1, 0.15) is 25.5 Å². The van der Waals surface area contributed by atoms with Crippen molar-refractivity contribution in [1.29, 1.82) is 0 Å². The number of aromatic amines is 1. The average Bonchev–Trinajstić information content (AvgIpc) is 3.15. The third kappa shape index (κ3) is 2.61. The minimum absolute atomic E-state index is 0.154. The molecule has 4 rings (SSSR count). The number of rotatable bonds is 3. The summed E-state index contributed by atoms with van der Waals surface area (Å²) in [6, 6.07) is 0. The second-order valence-corrected chi connectivity index (χ2v) is 6.46. The number of aromatic nitrogens is 4. The third-order valence-electron chi connectivity index (χ3n) is 4.88. The van der Waals surface area contributed by atoms with Crippen molar-refractivity contribution in [2.75, 3.05) is 24.6 Å². The molecule has 4 N–H and O–H groups in total. The number of H-pyrrole nitrogens is 1. The first-order valence-electron chi connectivity index (χ1n) is 8.45. The highest BCUT2D eigenvalue weighted by atomic mass is 16.6. The summed E-state index contributed by atoms with van der Waals surface area (Å²) < 4.78 is 7.21. The van der Waals surface area contributed by atoms with Gasteiger partial charge < -0.3 is 29.9 Å². The number of ether oxygens (including phenoxy) is 1. The number of hydrogen-bond acceptors (Lipinski definition) is 8. The first kappa shape index (κ1) is 16.5. The van der Waals surface area contributed by atoms with E-state index in [1.165, 1.54) is 6.33 Å². The van der Waals surface area contributed by atoms with Crippen LogP contribution in [0.2, 0.25) is 0 Å². The number of hydrogen-bond donors (Lipinski definition) is 4. The van der Waals surface area contributed by atoms with Crippen LogP contribution >= 0.6 is 0 Å². The van der Waals surface area contributed by atoms with Gasteiger partial charge in [-0.3, -0.25) is 9.36 Å². The maximum absolute atomic E-state index is 12.1. The first-order chi connectivity index (χ1) is 12.1. The van der Waals surface area contributed by atoms with Crippen LogP contribution in [0.15, 0.2) is 11.1 Å². The van der Waals surface area contributed by atoms with Gasteiger partial charge in [0.1, 0.15) is 18.3 Å². The van der Waals surface area contributed by atoms with Crippen molar-refractivity contribution >= 4 is 17.1 Å². The number of fused-ring (bicyclic) bond motifs is 1. The molecule has 0 spiro atoms. The zero-order valence-electron chi connectivity index (χ0n) is 13.6. The molecule has 10 nitrogen and oxygen atoms in total. The zero-order valence-corrected chi connectivity index (χ0v) is 13.6. The van der Waals surface area contributed by atoms with Gasteiger partial charge in [-0.15, -0.1) is 0 Å². The molecular weight excluding hydrogens is 330 g/mol. The number of anilines is 1. The van der Waals surface area contributed by atoms with Gasteiger partial charge in [-0.2, -0.15) is 0 Å². The Balaban J connectivity index is 1.86. The Kier molecular flexibility index (Phi) is 4.20. The lowest BCUT2D eigenvalue weighted by Crippen LogP contribution is -2.35. The first-order valence-corrected chi connectivity index (χ1v) is 8.45. The number of aliphatic hydroxyl groups is 3. The molecular formula is C15H21N5O5. The van der Waals surface area contributed by atoms with E-state index >= 15 is 0 Å². The van der Waals surface area contributed by atoms with Gasteiger partial charge in [-0.1, -0.05) is 0 Å². The number of nitrogens with one attached hydrogen (secondary N) is 1. The fourth-order valence-electron chi connectivity index (χ4n) is 3.55. The molecule has 0 radical (unpaired) electrons. The fraction of sp³-hybridized carbons (Fsp3) is 0.667. The predicted octanol–water partition coefficient (Wildman–Crippen LogP) is -1.28. The molecule has 2 fully saturated rings. The largest absolute Gasteiger partial charge is 0.394 e. The van der Waals surface area contributed by atoms with Crippen LogP contribution in [0.25, 0.3) is 11.2 Å². The normalized spacial score (nSPS) is 30.3. The van der Waals surface area contributed by atoms with Crippen LogP contribution in [-0.2, 0) is 4.74 Å². The molecule has 2 aliphatic heterocycles. The number of imidazole rings is 1. The van der Waals surface area contributed by atoms with Crippen LogP contribution in [0.4, 0.5) is 5.95 Å². The van der Waals surface area contributed by atoms with Crippen LogP contribution in [0, 0.1) is 0 Å². The molecule has 0 saturated carbocycles. The Hall–Kier alpha value is -2.01. The Labute approximate surface area is 142 Å². The predicted molar refractivity (Wildman–Crippen MR) is 87.2 cm³/mol. The highest BCUT2D eigenvalue weighted by molar-refractivity contribution is 5.73. The van der Waals surface area contributed by atoms with Gasteiger partial charge in [-0.05, 0) is 19.3 Å². The summed E-state index contributed by atoms with van der Waals surface area (Å²) in [5.41, 5.74) is 0.0497. The molecule has 2 aliphatic rings. The van der Waals surface area contributed by atoms with E-state index in [1.807, 2.05) is 4.90 Å². The molecule has 10 heteroatoms. The summed E-state index contributed by atoms with van der Waals surface area (Å²) in [4.78, 5) is 25.3. The van der Waals surface area contributed by atoms with E-state index in [1.54, 1.807) is 4.57 Å². The molecule has 4 heterocycles. The minimum atomic E-state index is -1.26. The third-order valence-corrected chi connectivity index (χ3v) is 4.88. The molecule has 2 aromatic heterocycles. The summed E-state index contributed by atoms with van der Waals surface area (Å²) >= 11 is 0. The van der Waals surface area contributed by atoms with Gasteiger partial charge in [0.15, 0.2) is 17.4 Å². The lowest BCUT2D eigenvalue weighted by atomic mass is 10.1. The van der Waals surface area contributed by atoms with E-state index in [-0.39, 0.29) is 16.7 Å². The molecule has 0 aliphatic carbocycles. The lowest BCUT2D eigenvalue weighted by molar-refractivity contribution is -0.0504. The molecule has 0 aromatic carbocycles. The number of nitrogens with zero attached hydrogens (tertiary/aromatic N) is 4. The van der Waals surface area contributed by atoms with Crippen molar-refractivity contribution in [3.8, 4) is 0 Å². The van der Waals surface area contributed by atoms with Crippen LogP contribution < -0.4 is 10.5 Å². The van der Waals surface area contributed by atoms with Gasteiger partial charge >= 0.3 is 0 Å². The second-order valence-electron chi connectivity index (χ2n) is 6.46. The Bertz CT molecular complexity index is 814. The molecule has 25 heavy (non-hydrogen) atoms. The van der Waals surface area contributed by atoms with Crippen molar-refractivity contribution < 1.29 is 20.1 Å². The van der Waals surface area contributed by atoms with E-state index in [9.17, 15) is 20.1 Å². The number of aliphatic hydroxyl groups excluding tert-OH is 3. The maximum atomic E-state index is 12.1. The SMILES string of the molecule is O=c1[nH]cnc2c1nc(N1CCCCC1)n2[C@H]1O[C@@H](CO)[C@@H](O)[C@@H]1O. The molecule has 0 unspecified atom stereocenters. The van der Waals surface area contributed by atoms with Gasteiger partial charge in [-0.25, -0.2) is 9.97 Å². The fourth-order valence-corrected chi connectivity index (χ4v) is 3.55. The standard InChI is InChI=1S/C15H21N5O5/c21-6-8-10(22)11(23)14(25-8)20-12-9(13(24)17-7-16-12)18-15(20)19-4-2-1-3-5-19/h7-8,10-11,14,21-23H,1-6H2,(H,16,17,24)/t8-,10+,11-,14-/m0/s1. The van der Waals surface area contributed by atoms with E-state index in [0.717, 1.165) is 32.4 Å². The molecule has 0 bridgehead atoms. The van der Waals surface area contributed by atoms with Crippen LogP contribution in [0.5, 0.6) is 0 Å². The summed E-state index contributed by atoms with van der Waals surface area (Å²) in [6.07, 6.45) is 0.0132. The van der Waals surface area contributed by atoms with Crippen molar-refractivity contribution in [3.05, 3.63) is 16.7 Å². The van der Waals surface area contributed by atoms with Crippen molar-refractivity contribution in [2.24, 2.45) is 0 Å². The quantitative estimate of drug-likeness (QED) is 0.537. The average molecular weight is 351 g/mol. The van der Waals surface area contributed by atoms with Crippen LogP contribution in [-0.4, -0.2) is 72.8 Å². The van der Waals surface area contributed by atoms with Crippen molar-refractivity contribution in [2.45, 2.75) is 43.8 Å². The van der Waals surface area contributed by atoms with E-state index in [2.05, 4.69) is 15.0 Å². The van der Waals surface area contributed by atoms with Gasteiger partial charge in [0, 0.05) is 13.1 Å². The molecule has 136 valence electrons. The summed E-state index contributed by atoms with van der Waals surface area (Å²) in [7, 11) is 0. The van der Waals surface area contributed by atoms with Crippen molar-refractivity contribution in [1.82, 2.24) is 19.5 Å². The smallest absolute Gasteiger partial charge is 0.278 e. The highest BCUT2D eigenvalue weighted by Gasteiger charge is 2.45. The molecule has 2 aromatic rings. The Morgan fingerprint density at radius 2 is 2.00 bits per heavy atom. The van der Waals surface area contributed by atoms with E-state index in [0.29, 0.717) is 5.95 Å². The van der Waals surface area contributed by atoms with Gasteiger partial charge in [0.2, 0.25) is 5.95 Å². The Morgan fingerprint density at radius 1 is 1.24 bits per heavy atom. The highest BCUT2D eigenvalue weighted by Crippen LogP contribution is 2.35. The molecule has 0 amide bonds. The summed E-state index contributed by atoms with van der Waals surface area (Å²) in [6.45, 7) is 1.13. The van der Waals surface area contributed by atoms with Gasteiger partial charge in [0.25, 0.3) is 5.56 Å². The van der Waals surface area contributed by atoms with Gasteiger partial charge in [0.05, 0.1) is 12.9 Å². The lowest BCUT2D eigenvalue weighted by Gasteiger charge is -2.30. The molecule has 4 atom stereocenters. The molecule has 2 saturated heterocycles. The van der Waals surface area contributed by atoms with Crippen LogP contribution in [0.3, 0.4) is 0 Å². The monoisotopic (exact) mass is 351 g/mol. The maximum Gasteiger partial charge on any atom is 0.278 e. The summed E-state index contributed by atoms with van der Waals surface area (Å²) in [5.74, 6) is 0.480.